The lowest BCUT2D eigenvalue weighted by atomic mass is 10.1. The highest BCUT2D eigenvalue weighted by Crippen LogP contribution is 2.22. The van der Waals surface area contributed by atoms with Crippen LogP contribution in [0.1, 0.15) is 26.2 Å². The van der Waals surface area contributed by atoms with Crippen LogP contribution in [-0.2, 0) is 14.9 Å². The highest BCUT2D eigenvalue weighted by atomic mass is 32.2. The van der Waals surface area contributed by atoms with Crippen LogP contribution in [0, 0.1) is 0 Å². The Kier molecular flexibility index (Phi) is 6.51. The first-order chi connectivity index (χ1) is 8.57. The number of aliphatic hydroxyl groups is 1. The van der Waals surface area contributed by atoms with Crippen molar-refractivity contribution in [1.82, 2.24) is 8.61 Å². The fourth-order valence-electron chi connectivity index (χ4n) is 2.24. The van der Waals surface area contributed by atoms with E-state index in [1.54, 1.807) is 7.11 Å². The van der Waals surface area contributed by atoms with Gasteiger partial charge in [-0.1, -0.05) is 13.3 Å². The van der Waals surface area contributed by atoms with Gasteiger partial charge < -0.3 is 9.84 Å². The van der Waals surface area contributed by atoms with Gasteiger partial charge in [0.15, 0.2) is 0 Å². The fourth-order valence-corrected chi connectivity index (χ4v) is 4.08. The van der Waals surface area contributed by atoms with E-state index in [4.69, 9.17) is 4.74 Å². The number of hydrogen-bond donors (Lipinski definition) is 1. The Morgan fingerprint density at radius 3 is 2.72 bits per heavy atom. The first-order valence-electron chi connectivity index (χ1n) is 6.44. The molecule has 1 atom stereocenters. The van der Waals surface area contributed by atoms with Crippen molar-refractivity contribution >= 4 is 10.2 Å². The van der Waals surface area contributed by atoms with Gasteiger partial charge in [-0.05, 0) is 12.8 Å². The lowest BCUT2D eigenvalue weighted by molar-refractivity contribution is 0.141. The molecular formula is C11H24N2O4S. The fraction of sp³-hybridized carbons (Fsp3) is 1.00. The quantitative estimate of drug-likeness (QED) is 0.715. The number of nitrogens with zero attached hydrogens (tertiary/aromatic N) is 2. The Balaban J connectivity index is 2.81. The number of likely N-dealkylation sites (N-methyl/N-ethyl adjacent to an activating group) is 1. The maximum absolute atomic E-state index is 12.5. The SMILES string of the molecule is CCN(CCOC)S(=O)(=O)N1CCCCC1CO. The zero-order chi connectivity index (χ0) is 13.6. The molecule has 0 saturated carbocycles. The molecule has 0 spiro atoms. The summed E-state index contributed by atoms with van der Waals surface area (Å²) in [5, 5.41) is 9.31. The zero-order valence-corrected chi connectivity index (χ0v) is 12.0. The van der Waals surface area contributed by atoms with Gasteiger partial charge in [0.1, 0.15) is 0 Å². The minimum Gasteiger partial charge on any atom is -0.395 e. The minimum absolute atomic E-state index is 0.110. The van der Waals surface area contributed by atoms with Crippen molar-refractivity contribution in [2.24, 2.45) is 0 Å². The molecule has 6 nitrogen and oxygen atoms in total. The highest BCUT2D eigenvalue weighted by molar-refractivity contribution is 7.86. The Labute approximate surface area is 110 Å². The van der Waals surface area contributed by atoms with Gasteiger partial charge in [0.25, 0.3) is 10.2 Å². The van der Waals surface area contributed by atoms with Crippen LogP contribution >= 0.6 is 0 Å². The molecule has 1 heterocycles. The molecule has 1 unspecified atom stereocenters. The molecule has 1 fully saturated rings. The van der Waals surface area contributed by atoms with Gasteiger partial charge in [0.05, 0.1) is 13.2 Å². The lowest BCUT2D eigenvalue weighted by Gasteiger charge is -2.36. The Morgan fingerprint density at radius 1 is 1.44 bits per heavy atom. The molecule has 108 valence electrons. The standard InChI is InChI=1S/C11H24N2O4S/c1-3-12(8-9-17-2)18(15,16)13-7-5-4-6-11(13)10-14/h11,14H,3-10H2,1-2H3. The van der Waals surface area contributed by atoms with E-state index in [1.165, 1.54) is 8.61 Å². The summed E-state index contributed by atoms with van der Waals surface area (Å²) >= 11 is 0. The van der Waals surface area contributed by atoms with Gasteiger partial charge in [-0.15, -0.1) is 0 Å². The molecule has 0 aliphatic carbocycles. The van der Waals surface area contributed by atoms with Crippen molar-refractivity contribution in [3.8, 4) is 0 Å². The van der Waals surface area contributed by atoms with Crippen LogP contribution in [0.2, 0.25) is 0 Å². The monoisotopic (exact) mass is 280 g/mol. The normalized spacial score (nSPS) is 22.6. The van der Waals surface area contributed by atoms with E-state index >= 15 is 0 Å². The van der Waals surface area contributed by atoms with Crippen LogP contribution in [0.5, 0.6) is 0 Å². The second-order valence-electron chi connectivity index (χ2n) is 4.44. The van der Waals surface area contributed by atoms with Crippen LogP contribution in [0.3, 0.4) is 0 Å². The molecule has 1 rings (SSSR count). The van der Waals surface area contributed by atoms with Crippen molar-refractivity contribution in [3.63, 3.8) is 0 Å². The van der Waals surface area contributed by atoms with Crippen LogP contribution in [0.25, 0.3) is 0 Å². The Morgan fingerprint density at radius 2 is 2.17 bits per heavy atom. The minimum atomic E-state index is -3.48. The van der Waals surface area contributed by atoms with Gasteiger partial charge in [-0.3, -0.25) is 0 Å². The second kappa shape index (κ2) is 7.40. The molecule has 0 radical (unpaired) electrons. The summed E-state index contributed by atoms with van der Waals surface area (Å²) in [4.78, 5) is 0. The average molecular weight is 280 g/mol. The molecule has 0 amide bonds. The van der Waals surface area contributed by atoms with Gasteiger partial charge in [-0.25, -0.2) is 0 Å². The van der Waals surface area contributed by atoms with Gasteiger partial charge in [0.2, 0.25) is 0 Å². The van der Waals surface area contributed by atoms with E-state index in [0.717, 1.165) is 19.3 Å². The molecule has 1 aliphatic rings. The van der Waals surface area contributed by atoms with E-state index in [2.05, 4.69) is 0 Å². The first-order valence-corrected chi connectivity index (χ1v) is 7.84. The third kappa shape index (κ3) is 3.64. The van der Waals surface area contributed by atoms with Crippen molar-refractivity contribution in [2.45, 2.75) is 32.2 Å². The van der Waals surface area contributed by atoms with Crippen molar-refractivity contribution in [2.75, 3.05) is 40.0 Å². The van der Waals surface area contributed by atoms with Gasteiger partial charge in [-0.2, -0.15) is 17.0 Å². The number of aliphatic hydroxyl groups excluding tert-OH is 1. The van der Waals surface area contributed by atoms with Crippen molar-refractivity contribution in [1.29, 1.82) is 0 Å². The van der Waals surface area contributed by atoms with Crippen molar-refractivity contribution < 1.29 is 18.3 Å². The number of methoxy groups -OCH3 is 1. The van der Waals surface area contributed by atoms with Crippen LogP contribution < -0.4 is 0 Å². The number of hydrogen-bond acceptors (Lipinski definition) is 4. The Hall–Kier alpha value is -0.210. The topological polar surface area (TPSA) is 70.1 Å². The van der Waals surface area contributed by atoms with Gasteiger partial charge in [0, 0.05) is 32.8 Å². The summed E-state index contributed by atoms with van der Waals surface area (Å²) < 4.78 is 32.7. The molecule has 0 bridgehead atoms. The molecule has 1 aliphatic heterocycles. The van der Waals surface area contributed by atoms with E-state index in [-0.39, 0.29) is 12.6 Å². The molecule has 0 aromatic rings. The number of rotatable bonds is 7. The first kappa shape index (κ1) is 15.8. The van der Waals surface area contributed by atoms with Crippen LogP contribution in [-0.4, -0.2) is 68.1 Å². The largest absolute Gasteiger partial charge is 0.395 e. The predicted molar refractivity (Wildman–Crippen MR) is 69.5 cm³/mol. The molecule has 1 saturated heterocycles. The lowest BCUT2D eigenvalue weighted by Crippen LogP contribution is -2.52. The summed E-state index contributed by atoms with van der Waals surface area (Å²) in [7, 11) is -1.93. The maximum atomic E-state index is 12.5. The van der Waals surface area contributed by atoms with Gasteiger partial charge >= 0.3 is 0 Å². The molecule has 18 heavy (non-hydrogen) atoms. The summed E-state index contributed by atoms with van der Waals surface area (Å²) in [6.07, 6.45) is 2.57. The summed E-state index contributed by atoms with van der Waals surface area (Å²) in [5.74, 6) is 0. The third-order valence-electron chi connectivity index (χ3n) is 3.30. The molecule has 1 N–H and O–H groups in total. The number of piperidine rings is 1. The van der Waals surface area contributed by atoms with E-state index in [9.17, 15) is 13.5 Å². The zero-order valence-electron chi connectivity index (χ0n) is 11.2. The number of ether oxygens (including phenoxy) is 1. The molecule has 0 aromatic carbocycles. The summed E-state index contributed by atoms with van der Waals surface area (Å²) in [6.45, 7) is 3.35. The highest BCUT2D eigenvalue weighted by Gasteiger charge is 2.35. The average Bonchev–Trinajstić information content (AvgIpc) is 2.39. The maximum Gasteiger partial charge on any atom is 0.282 e. The van der Waals surface area contributed by atoms with E-state index in [0.29, 0.717) is 26.2 Å². The van der Waals surface area contributed by atoms with E-state index < -0.39 is 10.2 Å². The van der Waals surface area contributed by atoms with Crippen LogP contribution in [0.4, 0.5) is 0 Å². The smallest absolute Gasteiger partial charge is 0.282 e. The van der Waals surface area contributed by atoms with Crippen LogP contribution in [0.15, 0.2) is 0 Å². The summed E-state index contributed by atoms with van der Waals surface area (Å²) in [6, 6.07) is -0.277. The summed E-state index contributed by atoms with van der Waals surface area (Å²) in [5.41, 5.74) is 0. The molecule has 7 heteroatoms. The molecular weight excluding hydrogens is 256 g/mol. The molecule has 0 aromatic heterocycles. The Bertz CT molecular complexity index is 334. The second-order valence-corrected chi connectivity index (χ2v) is 6.32. The van der Waals surface area contributed by atoms with E-state index in [1.807, 2.05) is 6.92 Å². The third-order valence-corrected chi connectivity index (χ3v) is 5.47. The predicted octanol–water partition coefficient (Wildman–Crippen LogP) is 0.0463. The van der Waals surface area contributed by atoms with Crippen molar-refractivity contribution in [3.05, 3.63) is 0 Å².